The highest BCUT2D eigenvalue weighted by Gasteiger charge is 2.23. The van der Waals surface area contributed by atoms with Gasteiger partial charge < -0.3 is 10.1 Å². The van der Waals surface area contributed by atoms with Gasteiger partial charge in [-0.05, 0) is 29.7 Å². The molecule has 0 bridgehead atoms. The zero-order valence-corrected chi connectivity index (χ0v) is 15.1. The molecule has 1 aliphatic rings. The summed E-state index contributed by atoms with van der Waals surface area (Å²) < 4.78 is 7.42. The first-order valence-electron chi connectivity index (χ1n) is 8.16. The van der Waals surface area contributed by atoms with Crippen LogP contribution < -0.4 is 10.1 Å². The summed E-state index contributed by atoms with van der Waals surface area (Å²) in [5.74, 6) is 2.41. The third-order valence-electron chi connectivity index (χ3n) is 4.34. The van der Waals surface area contributed by atoms with Gasteiger partial charge in [-0.2, -0.15) is 5.10 Å². The van der Waals surface area contributed by atoms with Crippen LogP contribution in [0.25, 0.3) is 0 Å². The van der Waals surface area contributed by atoms with Crippen molar-refractivity contribution in [1.82, 2.24) is 15.1 Å². The number of ether oxygens (including phenoxy) is 1. The Labute approximate surface area is 142 Å². The van der Waals surface area contributed by atoms with E-state index in [2.05, 4.69) is 48.5 Å². The van der Waals surface area contributed by atoms with Gasteiger partial charge in [0.05, 0.1) is 18.4 Å². The monoisotopic (exact) mass is 331 g/mol. The quantitative estimate of drug-likeness (QED) is 0.902. The van der Waals surface area contributed by atoms with Crippen LogP contribution >= 0.6 is 11.8 Å². The average Bonchev–Trinajstić information content (AvgIpc) is 2.88. The molecule has 2 aromatic rings. The van der Waals surface area contributed by atoms with Gasteiger partial charge in [0.1, 0.15) is 0 Å². The van der Waals surface area contributed by atoms with Crippen LogP contribution in [0.4, 0.5) is 0 Å². The lowest BCUT2D eigenvalue weighted by molar-refractivity contribution is 0.366. The zero-order valence-electron chi connectivity index (χ0n) is 14.3. The molecular formula is C18H25N3OS. The molecule has 0 spiro atoms. The summed E-state index contributed by atoms with van der Waals surface area (Å²) in [5, 5.41) is 8.37. The fraction of sp³-hybridized carbons (Fsp3) is 0.500. The van der Waals surface area contributed by atoms with Crippen LogP contribution in [-0.2, 0) is 13.6 Å². The van der Waals surface area contributed by atoms with Crippen molar-refractivity contribution in [2.75, 3.05) is 12.9 Å². The molecule has 0 saturated heterocycles. The molecule has 1 unspecified atom stereocenters. The Hall–Kier alpha value is -1.46. The molecule has 3 rings (SSSR count). The van der Waals surface area contributed by atoms with Gasteiger partial charge in [0, 0.05) is 24.5 Å². The minimum atomic E-state index is 0.385. The number of rotatable bonds is 5. The number of aromatic nitrogens is 2. The maximum atomic E-state index is 5.57. The van der Waals surface area contributed by atoms with E-state index in [1.165, 1.54) is 16.0 Å². The number of nitrogens with zero attached hydrogens (tertiary/aromatic N) is 2. The van der Waals surface area contributed by atoms with Crippen molar-refractivity contribution < 1.29 is 4.74 Å². The molecule has 23 heavy (non-hydrogen) atoms. The Morgan fingerprint density at radius 2 is 2.17 bits per heavy atom. The second kappa shape index (κ2) is 6.97. The summed E-state index contributed by atoms with van der Waals surface area (Å²) in [6.45, 7) is 5.14. The molecular weight excluding hydrogens is 306 g/mol. The van der Waals surface area contributed by atoms with E-state index in [0.29, 0.717) is 12.0 Å². The number of benzene rings is 1. The molecule has 1 aliphatic heterocycles. The minimum absolute atomic E-state index is 0.385. The lowest BCUT2D eigenvalue weighted by Gasteiger charge is -2.26. The Kier molecular flexibility index (Phi) is 4.97. The van der Waals surface area contributed by atoms with E-state index in [1.807, 2.05) is 23.5 Å². The van der Waals surface area contributed by atoms with Crippen molar-refractivity contribution in [1.29, 1.82) is 0 Å². The number of hydrogen-bond donors (Lipinski definition) is 1. The SMILES string of the molecule is COc1c(CNC2CCSc3ccccc32)c(C(C)C)nn1C. The van der Waals surface area contributed by atoms with Crippen molar-refractivity contribution in [2.45, 2.75) is 43.7 Å². The predicted octanol–water partition coefficient (Wildman–Crippen LogP) is 3.88. The Morgan fingerprint density at radius 3 is 2.91 bits per heavy atom. The summed E-state index contributed by atoms with van der Waals surface area (Å²) in [6, 6.07) is 9.11. The minimum Gasteiger partial charge on any atom is -0.481 e. The normalized spacial score (nSPS) is 17.3. The number of hydrogen-bond acceptors (Lipinski definition) is 4. The van der Waals surface area contributed by atoms with Crippen LogP contribution in [0, 0.1) is 0 Å². The Bertz CT molecular complexity index is 681. The second-order valence-corrected chi connectivity index (χ2v) is 7.40. The maximum Gasteiger partial charge on any atom is 0.216 e. The van der Waals surface area contributed by atoms with Gasteiger partial charge in [-0.15, -0.1) is 11.8 Å². The highest BCUT2D eigenvalue weighted by atomic mass is 32.2. The average molecular weight is 331 g/mol. The molecule has 4 nitrogen and oxygen atoms in total. The van der Waals surface area contributed by atoms with E-state index in [4.69, 9.17) is 4.74 Å². The van der Waals surface area contributed by atoms with E-state index >= 15 is 0 Å². The molecule has 0 radical (unpaired) electrons. The summed E-state index contributed by atoms with van der Waals surface area (Å²) in [6.07, 6.45) is 1.15. The highest BCUT2D eigenvalue weighted by Crippen LogP contribution is 2.36. The van der Waals surface area contributed by atoms with E-state index < -0.39 is 0 Å². The fourth-order valence-electron chi connectivity index (χ4n) is 3.24. The van der Waals surface area contributed by atoms with Crippen LogP contribution in [0.5, 0.6) is 5.88 Å². The number of methoxy groups -OCH3 is 1. The van der Waals surface area contributed by atoms with Gasteiger partial charge >= 0.3 is 0 Å². The van der Waals surface area contributed by atoms with E-state index in [0.717, 1.165) is 30.3 Å². The maximum absolute atomic E-state index is 5.57. The largest absolute Gasteiger partial charge is 0.481 e. The molecule has 1 aromatic carbocycles. The predicted molar refractivity (Wildman–Crippen MR) is 95.2 cm³/mol. The molecule has 0 saturated carbocycles. The molecule has 1 aromatic heterocycles. The third-order valence-corrected chi connectivity index (χ3v) is 5.47. The van der Waals surface area contributed by atoms with Crippen molar-refractivity contribution >= 4 is 11.8 Å². The number of aryl methyl sites for hydroxylation is 1. The first-order valence-corrected chi connectivity index (χ1v) is 9.15. The van der Waals surface area contributed by atoms with E-state index in [1.54, 1.807) is 7.11 Å². The fourth-order valence-corrected chi connectivity index (χ4v) is 4.36. The van der Waals surface area contributed by atoms with Gasteiger partial charge in [-0.1, -0.05) is 32.0 Å². The molecule has 2 heterocycles. The Balaban J connectivity index is 1.82. The van der Waals surface area contributed by atoms with Crippen molar-refractivity contribution in [2.24, 2.45) is 7.05 Å². The van der Waals surface area contributed by atoms with Crippen molar-refractivity contribution in [3.63, 3.8) is 0 Å². The second-order valence-electron chi connectivity index (χ2n) is 6.26. The summed E-state index contributed by atoms with van der Waals surface area (Å²) >= 11 is 1.95. The smallest absolute Gasteiger partial charge is 0.216 e. The molecule has 0 fully saturated rings. The van der Waals surface area contributed by atoms with Crippen LogP contribution in [0.1, 0.15) is 49.0 Å². The van der Waals surface area contributed by atoms with Gasteiger partial charge in [0.15, 0.2) is 0 Å². The lowest BCUT2D eigenvalue weighted by atomic mass is 10.0. The topological polar surface area (TPSA) is 39.1 Å². The highest BCUT2D eigenvalue weighted by molar-refractivity contribution is 7.99. The summed E-state index contributed by atoms with van der Waals surface area (Å²) in [5.41, 5.74) is 3.72. The standard InChI is InChI=1S/C18H25N3OS/c1-12(2)17-14(18(22-4)21(3)20-17)11-19-15-9-10-23-16-8-6-5-7-13(15)16/h5-8,12,15,19H,9-11H2,1-4H3. The van der Waals surface area contributed by atoms with Gasteiger partial charge in [0.2, 0.25) is 5.88 Å². The molecule has 5 heteroatoms. The summed E-state index contributed by atoms with van der Waals surface area (Å²) in [4.78, 5) is 1.40. The van der Waals surface area contributed by atoms with Gasteiger partial charge in [0.25, 0.3) is 0 Å². The molecule has 1 atom stereocenters. The van der Waals surface area contributed by atoms with Gasteiger partial charge in [-0.3, -0.25) is 0 Å². The van der Waals surface area contributed by atoms with Crippen LogP contribution in [0.3, 0.4) is 0 Å². The zero-order chi connectivity index (χ0) is 16.4. The van der Waals surface area contributed by atoms with Crippen molar-refractivity contribution in [3.8, 4) is 5.88 Å². The third kappa shape index (κ3) is 3.26. The number of fused-ring (bicyclic) bond motifs is 1. The first-order chi connectivity index (χ1) is 11.1. The lowest BCUT2D eigenvalue weighted by Crippen LogP contribution is -2.24. The van der Waals surface area contributed by atoms with Crippen LogP contribution in [0.2, 0.25) is 0 Å². The van der Waals surface area contributed by atoms with Crippen LogP contribution in [-0.4, -0.2) is 22.6 Å². The van der Waals surface area contributed by atoms with Gasteiger partial charge in [-0.25, -0.2) is 4.68 Å². The van der Waals surface area contributed by atoms with E-state index in [-0.39, 0.29) is 0 Å². The van der Waals surface area contributed by atoms with Crippen molar-refractivity contribution in [3.05, 3.63) is 41.1 Å². The molecule has 1 N–H and O–H groups in total. The molecule has 0 aliphatic carbocycles. The number of thioether (sulfide) groups is 1. The molecule has 124 valence electrons. The molecule has 0 amide bonds. The van der Waals surface area contributed by atoms with E-state index in [9.17, 15) is 0 Å². The first kappa shape index (κ1) is 16.4. The van der Waals surface area contributed by atoms with Crippen LogP contribution in [0.15, 0.2) is 29.2 Å². The Morgan fingerprint density at radius 1 is 1.39 bits per heavy atom. The number of nitrogens with one attached hydrogen (secondary N) is 1. The summed E-state index contributed by atoms with van der Waals surface area (Å²) in [7, 11) is 3.66.